The second kappa shape index (κ2) is 49.6. The first-order valence-electron chi connectivity index (χ1n) is 37.7. The Bertz CT molecular complexity index is 4140. The molecule has 36 nitrogen and oxygen atoms in total. The topological polar surface area (TPSA) is 597 Å². The van der Waals surface area contributed by atoms with Crippen LogP contribution in [0, 0.1) is 0 Å². The predicted octanol–water partition coefficient (Wildman–Crippen LogP) is -4.78. The fraction of sp³-hybridized carbons (Fsp3) is 0.449. The van der Waals surface area contributed by atoms with E-state index in [0.717, 1.165) is 24.6 Å². The van der Waals surface area contributed by atoms with E-state index in [0.29, 0.717) is 35.1 Å². The maximum atomic E-state index is 15.4. The number of unbranched alkanes of at least 4 members (excludes halogenated alkanes) is 2. The van der Waals surface area contributed by atoms with Gasteiger partial charge in [0.25, 0.3) is 0 Å². The van der Waals surface area contributed by atoms with Crippen LogP contribution in [-0.2, 0) is 97.6 Å². The van der Waals surface area contributed by atoms with Gasteiger partial charge in [-0.15, -0.1) is 0 Å². The van der Waals surface area contributed by atoms with E-state index in [1.54, 1.807) is 115 Å². The minimum atomic E-state index is -1.91. The lowest BCUT2D eigenvalue weighted by Crippen LogP contribution is -2.63. The van der Waals surface area contributed by atoms with E-state index >= 15 is 14.4 Å². The van der Waals surface area contributed by atoms with Crippen LogP contribution >= 0.6 is 25.3 Å². The molecule has 15 atom stereocenters. The minimum absolute atomic E-state index is 0.0767. The summed E-state index contributed by atoms with van der Waals surface area (Å²) in [5.74, 6) is -16.3. The second-order valence-electron chi connectivity index (χ2n) is 27.7. The Kier molecular flexibility index (Phi) is 40.8. The Labute approximate surface area is 681 Å². The molecule has 0 unspecified atom stereocenters. The number of aliphatic hydroxyl groups is 3. The van der Waals surface area contributed by atoms with Crippen molar-refractivity contribution in [3.8, 4) is 0 Å². The van der Waals surface area contributed by atoms with Crippen LogP contribution in [0.5, 0.6) is 0 Å². The van der Waals surface area contributed by atoms with Crippen molar-refractivity contribution in [2.75, 3.05) is 37.7 Å². The summed E-state index contributed by atoms with van der Waals surface area (Å²) in [6.07, 6.45) is -4.56. The quantitative estimate of drug-likeness (QED) is 0.0128. The Morgan fingerprint density at radius 3 is 1.10 bits per heavy atom. The van der Waals surface area contributed by atoms with Crippen molar-refractivity contribution >= 4 is 125 Å². The summed E-state index contributed by atoms with van der Waals surface area (Å²) in [4.78, 5) is 208. The van der Waals surface area contributed by atoms with E-state index in [-0.39, 0.29) is 76.0 Å². The molecule has 0 aliphatic rings. The van der Waals surface area contributed by atoms with E-state index in [9.17, 15) is 78.0 Å². The van der Waals surface area contributed by atoms with E-state index < -0.39 is 199 Å². The number of fused-ring (bicyclic) bond motifs is 1. The summed E-state index contributed by atoms with van der Waals surface area (Å²) in [7, 11) is 0. The van der Waals surface area contributed by atoms with E-state index in [4.69, 9.17) is 22.9 Å². The number of carboxylic acids is 1. The molecule has 14 amide bonds. The molecule has 0 spiro atoms. The molecular formula is C78H107N17O19S2. The number of thiol groups is 2. The molecule has 0 saturated carbocycles. The first-order chi connectivity index (χ1) is 55.3. The number of hydrogen-bond acceptors (Lipinski definition) is 23. The number of carboxylic acid groups (broad SMARTS) is 1. The number of carbonyl (C=O) groups is 15. The molecule has 0 aliphatic carbocycles. The third-order valence-electron chi connectivity index (χ3n) is 18.2. The average molecular weight is 1650 g/mol. The molecule has 0 fully saturated rings. The zero-order valence-corrected chi connectivity index (χ0v) is 66.3. The zero-order valence-electron chi connectivity index (χ0n) is 64.5. The van der Waals surface area contributed by atoms with Crippen LogP contribution < -0.4 is 92.1 Å². The Hall–Kier alpha value is -11.1. The summed E-state index contributed by atoms with van der Waals surface area (Å²) in [5.41, 5.74) is 24.8. The van der Waals surface area contributed by atoms with E-state index in [1.807, 2.05) is 18.2 Å². The van der Waals surface area contributed by atoms with Crippen LogP contribution in [-0.4, -0.2) is 238 Å². The highest BCUT2D eigenvalue weighted by molar-refractivity contribution is 7.80. The average Bonchev–Trinajstić information content (AvgIpc) is 0.834. The largest absolute Gasteiger partial charge is 0.480 e. The van der Waals surface area contributed by atoms with Crippen molar-refractivity contribution in [3.63, 3.8) is 0 Å². The van der Waals surface area contributed by atoms with Gasteiger partial charge in [0.2, 0.25) is 82.7 Å². The van der Waals surface area contributed by atoms with Crippen LogP contribution in [0.4, 0.5) is 0 Å². The standard InChI is InChI=1S/C78H107N17O19S2/c1-43(81)66(101)83-39-63(100)84-60(41-115)75(110)86-52(27-15-17-31-79)67(102)90-58(38-62(82)99)72(107)88-55(35-47-21-9-5-10-22-47)70(105)87-54(34-46-19-7-4-8-20-46)71(106)89-57(37-49-29-30-50-25-13-14-26-51(50)33-49)69(104)85-53(28-16-18-32-80)68(103)94-64(44(2)97)76(111)91-56(36-48-23-11-6-12-24-48)73(108)95-65(45(3)98)77(112)92-59(40-96)74(109)93-61(42-116)78(113)114/h4-14,19-26,29-30,33,43-45,52-61,64-65,96-98,115-116H,15-18,27-28,31-32,34-42,79-81H2,1-3H3,(H2,82,99)(H,83,101)(H,84,100)(H,85,104)(H,86,110)(H,87,105)(H,88,107)(H,89,106)(H,90,102)(H,91,111)(H,92,112)(H,93,109)(H,94,103)(H,95,108)(H,113,114)/t43-,44+,45+,52-,53-,54-,55-,56-,57+,58-,59-,60-,61-,64-,65-/m0/s1. The molecule has 0 radical (unpaired) electrons. The number of rotatable bonds is 50. The molecule has 25 N–H and O–H groups in total. The SMILES string of the molecule is C[C@H](N)C(=O)NCC(=O)N[C@@H](CS)C(=O)N[C@@H](CCCCN)C(=O)N[C@@H](CC(N)=O)C(=O)N[C@@H](Cc1ccccc1)C(=O)N[C@@H](Cc1ccccc1)C(=O)N[C@H](Cc1ccc2ccccc2c1)C(=O)N[C@@H](CCCCN)C(=O)N[C@H](C(=O)N[C@@H](Cc1ccccc1)C(=O)N[C@H](C(=O)N[C@@H](CO)C(=O)N[C@@H](CS)C(=O)O)[C@@H](C)O)[C@@H](C)O. The number of benzene rings is 5. The number of primary amides is 1. The highest BCUT2D eigenvalue weighted by Gasteiger charge is 2.39. The molecule has 0 aromatic heterocycles. The van der Waals surface area contributed by atoms with Crippen LogP contribution in [0.1, 0.15) is 88.0 Å². The molecule has 5 aromatic carbocycles. The van der Waals surface area contributed by atoms with Crippen molar-refractivity contribution < 1.29 is 92.3 Å². The van der Waals surface area contributed by atoms with Crippen molar-refractivity contribution in [1.82, 2.24) is 69.1 Å². The number of nitrogens with one attached hydrogen (secondary N) is 13. The van der Waals surface area contributed by atoms with E-state index in [1.165, 1.54) is 6.92 Å². The van der Waals surface area contributed by atoms with Crippen molar-refractivity contribution in [3.05, 3.63) is 156 Å². The fourth-order valence-electron chi connectivity index (χ4n) is 11.8. The maximum Gasteiger partial charge on any atom is 0.327 e. The van der Waals surface area contributed by atoms with Gasteiger partial charge < -0.3 is 112 Å². The molecule has 630 valence electrons. The third kappa shape index (κ3) is 32.3. The lowest BCUT2D eigenvalue weighted by molar-refractivity contribution is -0.142. The number of aliphatic hydroxyl groups excluding tert-OH is 3. The number of nitrogens with two attached hydrogens (primary N) is 4. The Morgan fingerprint density at radius 2 is 0.707 bits per heavy atom. The monoisotopic (exact) mass is 1650 g/mol. The summed E-state index contributed by atoms with van der Waals surface area (Å²) in [5, 5.41) is 75.3. The lowest BCUT2D eigenvalue weighted by atomic mass is 9.99. The first kappa shape index (κ1) is 95.5. The Balaban J connectivity index is 1.48. The molecule has 0 bridgehead atoms. The molecule has 0 heterocycles. The molecule has 5 aromatic rings. The summed E-state index contributed by atoms with van der Waals surface area (Å²) in [6, 6.07) is 16.5. The second-order valence-corrected chi connectivity index (χ2v) is 28.4. The summed E-state index contributed by atoms with van der Waals surface area (Å²) < 4.78 is 0. The molecule has 116 heavy (non-hydrogen) atoms. The van der Waals surface area contributed by atoms with E-state index in [2.05, 4.69) is 94.4 Å². The van der Waals surface area contributed by atoms with Gasteiger partial charge in [0.15, 0.2) is 0 Å². The zero-order chi connectivity index (χ0) is 85.6. The van der Waals surface area contributed by atoms with Gasteiger partial charge in [0.1, 0.15) is 72.5 Å². The van der Waals surface area contributed by atoms with Gasteiger partial charge in [-0.1, -0.05) is 133 Å². The number of aliphatic carboxylic acids is 1. The number of hydrogen-bond donors (Lipinski definition) is 23. The normalized spacial score (nSPS) is 15.0. The van der Waals surface area contributed by atoms with Gasteiger partial charge >= 0.3 is 5.97 Å². The maximum absolute atomic E-state index is 15.4. The third-order valence-corrected chi connectivity index (χ3v) is 19.0. The predicted molar refractivity (Wildman–Crippen MR) is 433 cm³/mol. The molecular weight excluding hydrogens is 1540 g/mol. The molecule has 38 heteroatoms. The van der Waals surface area contributed by atoms with Gasteiger partial charge in [0, 0.05) is 37.2 Å². The highest BCUT2D eigenvalue weighted by Crippen LogP contribution is 2.19. The summed E-state index contributed by atoms with van der Waals surface area (Å²) in [6.45, 7) is 2.34. The highest BCUT2D eigenvalue weighted by atomic mass is 32.1. The number of amides is 14. The van der Waals surface area contributed by atoms with Crippen LogP contribution in [0.3, 0.4) is 0 Å². The van der Waals surface area contributed by atoms with Crippen LogP contribution in [0.25, 0.3) is 10.8 Å². The summed E-state index contributed by atoms with van der Waals surface area (Å²) >= 11 is 8.09. The van der Waals surface area contributed by atoms with Gasteiger partial charge in [0.05, 0.1) is 37.8 Å². The van der Waals surface area contributed by atoms with Crippen molar-refractivity contribution in [1.29, 1.82) is 0 Å². The Morgan fingerprint density at radius 1 is 0.371 bits per heavy atom. The first-order valence-corrected chi connectivity index (χ1v) is 38.9. The molecule has 5 rings (SSSR count). The van der Waals surface area contributed by atoms with Crippen LogP contribution in [0.2, 0.25) is 0 Å². The van der Waals surface area contributed by atoms with Gasteiger partial charge in [-0.05, 0) is 105 Å². The van der Waals surface area contributed by atoms with Gasteiger partial charge in [-0.25, -0.2) is 4.79 Å². The van der Waals surface area contributed by atoms with Crippen LogP contribution in [0.15, 0.2) is 133 Å². The van der Waals surface area contributed by atoms with Crippen molar-refractivity contribution in [2.24, 2.45) is 22.9 Å². The smallest absolute Gasteiger partial charge is 0.327 e. The lowest BCUT2D eigenvalue weighted by Gasteiger charge is -2.29. The molecule has 0 aliphatic heterocycles. The van der Waals surface area contributed by atoms with Gasteiger partial charge in [-0.2, -0.15) is 25.3 Å². The van der Waals surface area contributed by atoms with Crippen molar-refractivity contribution in [2.45, 2.75) is 182 Å². The van der Waals surface area contributed by atoms with Gasteiger partial charge in [-0.3, -0.25) is 67.1 Å². The fourth-order valence-corrected chi connectivity index (χ4v) is 12.3. The number of carbonyl (C=O) groups excluding carboxylic acids is 14. The molecule has 0 saturated heterocycles. The minimum Gasteiger partial charge on any atom is -0.480 e.